The normalized spacial score (nSPS) is 12.3. The number of nitrogens with one attached hydrogen (secondary N) is 1. The maximum absolute atomic E-state index is 4.16. The summed E-state index contributed by atoms with van der Waals surface area (Å²) in [5, 5.41) is 3.56. The van der Waals surface area contributed by atoms with Crippen LogP contribution in [0.1, 0.15) is 24.5 Å². The molecule has 0 aliphatic carbocycles. The van der Waals surface area contributed by atoms with Gasteiger partial charge in [0, 0.05) is 30.8 Å². The van der Waals surface area contributed by atoms with Crippen LogP contribution in [0.5, 0.6) is 0 Å². The summed E-state index contributed by atoms with van der Waals surface area (Å²) in [5.74, 6) is 0. The van der Waals surface area contributed by atoms with E-state index in [-0.39, 0.29) is 0 Å². The first-order chi connectivity index (χ1) is 9.38. The molecular formula is C16H21N3. The minimum Gasteiger partial charge on any atom is -0.314 e. The molecular weight excluding hydrogens is 234 g/mol. The lowest BCUT2D eigenvalue weighted by Gasteiger charge is -2.17. The molecule has 0 spiro atoms. The highest BCUT2D eigenvalue weighted by Crippen LogP contribution is 2.09. The van der Waals surface area contributed by atoms with E-state index in [1.54, 1.807) is 0 Å². The SMILES string of the molecule is CCNC(CCc1cccnc1)Cc1ccncc1. The number of nitrogens with zero attached hydrogens (tertiary/aromatic N) is 2. The van der Waals surface area contributed by atoms with Gasteiger partial charge in [0.05, 0.1) is 0 Å². The van der Waals surface area contributed by atoms with Crippen LogP contribution in [0.3, 0.4) is 0 Å². The molecule has 0 aromatic carbocycles. The van der Waals surface area contributed by atoms with Crippen LogP contribution in [0.15, 0.2) is 49.1 Å². The van der Waals surface area contributed by atoms with Crippen molar-refractivity contribution in [2.45, 2.75) is 32.2 Å². The van der Waals surface area contributed by atoms with Gasteiger partial charge in [-0.3, -0.25) is 9.97 Å². The quantitative estimate of drug-likeness (QED) is 0.826. The predicted molar refractivity (Wildman–Crippen MR) is 78.0 cm³/mol. The van der Waals surface area contributed by atoms with Gasteiger partial charge in [0.1, 0.15) is 0 Å². The smallest absolute Gasteiger partial charge is 0.0299 e. The van der Waals surface area contributed by atoms with E-state index in [1.807, 2.05) is 30.9 Å². The van der Waals surface area contributed by atoms with E-state index in [9.17, 15) is 0 Å². The molecule has 2 aromatic rings. The van der Waals surface area contributed by atoms with E-state index in [0.29, 0.717) is 6.04 Å². The van der Waals surface area contributed by atoms with Gasteiger partial charge in [-0.05, 0) is 55.1 Å². The van der Waals surface area contributed by atoms with Crippen LogP contribution in [0.2, 0.25) is 0 Å². The highest BCUT2D eigenvalue weighted by atomic mass is 14.9. The minimum absolute atomic E-state index is 0.507. The topological polar surface area (TPSA) is 37.8 Å². The zero-order valence-electron chi connectivity index (χ0n) is 11.4. The Hall–Kier alpha value is -1.74. The van der Waals surface area contributed by atoms with Crippen molar-refractivity contribution in [3.8, 4) is 0 Å². The molecule has 3 heteroatoms. The standard InChI is InChI=1S/C16H21N3/c1-2-19-16(12-14-7-10-17-11-8-14)6-5-15-4-3-9-18-13-15/h3-4,7-11,13,16,19H,2,5-6,12H2,1H3. The molecule has 0 aliphatic heterocycles. The molecule has 0 aliphatic rings. The third kappa shape index (κ3) is 4.79. The molecule has 0 fully saturated rings. The number of likely N-dealkylation sites (N-methyl/N-ethyl adjacent to an activating group) is 1. The second-order valence-electron chi connectivity index (χ2n) is 4.71. The number of aromatic nitrogens is 2. The summed E-state index contributed by atoms with van der Waals surface area (Å²) in [6.07, 6.45) is 10.7. The Morgan fingerprint density at radius 3 is 2.58 bits per heavy atom. The van der Waals surface area contributed by atoms with Crippen LogP contribution < -0.4 is 5.32 Å². The zero-order chi connectivity index (χ0) is 13.3. The number of aryl methyl sites for hydroxylation is 1. The summed E-state index contributed by atoms with van der Waals surface area (Å²) < 4.78 is 0. The molecule has 3 nitrogen and oxygen atoms in total. The van der Waals surface area contributed by atoms with E-state index in [0.717, 1.165) is 25.8 Å². The van der Waals surface area contributed by atoms with E-state index < -0.39 is 0 Å². The minimum atomic E-state index is 0.507. The maximum Gasteiger partial charge on any atom is 0.0299 e. The average Bonchev–Trinajstić information content (AvgIpc) is 2.47. The monoisotopic (exact) mass is 255 g/mol. The van der Waals surface area contributed by atoms with Crippen molar-refractivity contribution in [3.05, 3.63) is 60.2 Å². The van der Waals surface area contributed by atoms with Gasteiger partial charge in [-0.2, -0.15) is 0 Å². The first kappa shape index (κ1) is 13.7. The molecule has 0 amide bonds. The van der Waals surface area contributed by atoms with Crippen LogP contribution in [0, 0.1) is 0 Å². The van der Waals surface area contributed by atoms with Gasteiger partial charge in [-0.1, -0.05) is 13.0 Å². The number of hydrogen-bond donors (Lipinski definition) is 1. The molecule has 2 rings (SSSR count). The van der Waals surface area contributed by atoms with Gasteiger partial charge in [-0.15, -0.1) is 0 Å². The van der Waals surface area contributed by atoms with Crippen LogP contribution in [0.25, 0.3) is 0 Å². The fraction of sp³-hybridized carbons (Fsp3) is 0.375. The highest BCUT2D eigenvalue weighted by Gasteiger charge is 2.08. The summed E-state index contributed by atoms with van der Waals surface area (Å²) in [6.45, 7) is 3.16. The fourth-order valence-corrected chi connectivity index (χ4v) is 2.26. The summed E-state index contributed by atoms with van der Waals surface area (Å²) in [6, 6.07) is 8.83. The molecule has 0 saturated heterocycles. The van der Waals surface area contributed by atoms with Crippen LogP contribution >= 0.6 is 0 Å². The van der Waals surface area contributed by atoms with Crippen molar-refractivity contribution < 1.29 is 0 Å². The lowest BCUT2D eigenvalue weighted by molar-refractivity contribution is 0.490. The Balaban J connectivity index is 1.89. The van der Waals surface area contributed by atoms with E-state index in [1.165, 1.54) is 11.1 Å². The Morgan fingerprint density at radius 2 is 1.89 bits per heavy atom. The summed E-state index contributed by atoms with van der Waals surface area (Å²) in [4.78, 5) is 8.23. The van der Waals surface area contributed by atoms with Crippen LogP contribution in [-0.2, 0) is 12.8 Å². The van der Waals surface area contributed by atoms with Gasteiger partial charge in [-0.25, -0.2) is 0 Å². The van der Waals surface area contributed by atoms with Crippen LogP contribution in [-0.4, -0.2) is 22.6 Å². The lowest BCUT2D eigenvalue weighted by Crippen LogP contribution is -2.31. The molecule has 0 radical (unpaired) electrons. The summed E-state index contributed by atoms with van der Waals surface area (Å²) >= 11 is 0. The Morgan fingerprint density at radius 1 is 1.05 bits per heavy atom. The lowest BCUT2D eigenvalue weighted by atomic mass is 10.0. The number of rotatable bonds is 7. The maximum atomic E-state index is 4.16. The van der Waals surface area contributed by atoms with Crippen molar-refractivity contribution in [1.82, 2.24) is 15.3 Å². The third-order valence-corrected chi connectivity index (χ3v) is 3.23. The summed E-state index contributed by atoms with van der Waals surface area (Å²) in [7, 11) is 0. The van der Waals surface area contributed by atoms with E-state index in [4.69, 9.17) is 0 Å². The Kier molecular flexibility index (Phi) is 5.50. The molecule has 19 heavy (non-hydrogen) atoms. The number of hydrogen-bond acceptors (Lipinski definition) is 3. The van der Waals surface area contributed by atoms with E-state index >= 15 is 0 Å². The molecule has 1 unspecified atom stereocenters. The van der Waals surface area contributed by atoms with E-state index in [2.05, 4.69) is 40.4 Å². The van der Waals surface area contributed by atoms with Crippen LogP contribution in [0.4, 0.5) is 0 Å². The zero-order valence-corrected chi connectivity index (χ0v) is 11.4. The fourth-order valence-electron chi connectivity index (χ4n) is 2.26. The van der Waals surface area contributed by atoms with Gasteiger partial charge in [0.15, 0.2) is 0 Å². The third-order valence-electron chi connectivity index (χ3n) is 3.23. The molecule has 2 heterocycles. The second kappa shape index (κ2) is 7.64. The van der Waals surface area contributed by atoms with Gasteiger partial charge in [0.2, 0.25) is 0 Å². The molecule has 1 N–H and O–H groups in total. The Labute approximate surface area is 115 Å². The molecule has 0 bridgehead atoms. The van der Waals surface area contributed by atoms with Crippen molar-refractivity contribution in [2.75, 3.05) is 6.54 Å². The van der Waals surface area contributed by atoms with Gasteiger partial charge in [0.25, 0.3) is 0 Å². The molecule has 1 atom stereocenters. The molecule has 100 valence electrons. The molecule has 0 saturated carbocycles. The highest BCUT2D eigenvalue weighted by molar-refractivity contribution is 5.12. The first-order valence-corrected chi connectivity index (χ1v) is 6.89. The van der Waals surface area contributed by atoms with Crippen molar-refractivity contribution in [2.24, 2.45) is 0 Å². The summed E-state index contributed by atoms with van der Waals surface area (Å²) in [5.41, 5.74) is 2.65. The predicted octanol–water partition coefficient (Wildman–Crippen LogP) is 2.63. The van der Waals surface area contributed by atoms with Gasteiger partial charge < -0.3 is 5.32 Å². The Bertz CT molecular complexity index is 456. The van der Waals surface area contributed by atoms with Gasteiger partial charge >= 0.3 is 0 Å². The first-order valence-electron chi connectivity index (χ1n) is 6.89. The largest absolute Gasteiger partial charge is 0.314 e. The molecule has 2 aromatic heterocycles. The average molecular weight is 255 g/mol. The second-order valence-corrected chi connectivity index (χ2v) is 4.71. The van der Waals surface area contributed by atoms with Crippen molar-refractivity contribution in [1.29, 1.82) is 0 Å². The number of pyridine rings is 2. The van der Waals surface area contributed by atoms with Crippen molar-refractivity contribution in [3.63, 3.8) is 0 Å². The van der Waals surface area contributed by atoms with Crippen molar-refractivity contribution >= 4 is 0 Å².